The number of para-hydroxylation sites is 2. The summed E-state index contributed by atoms with van der Waals surface area (Å²) < 4.78 is 11.0. The number of aryl methyl sites for hydroxylation is 2. The van der Waals surface area contributed by atoms with E-state index in [1.165, 1.54) is 0 Å². The molecule has 0 amide bonds. The average molecular weight is 453 g/mol. The van der Waals surface area contributed by atoms with Crippen molar-refractivity contribution in [3.8, 4) is 34.1 Å². The van der Waals surface area contributed by atoms with E-state index in [1.54, 1.807) is 14.2 Å². The Bertz CT molecular complexity index is 1640. The molecule has 0 unspecified atom stereocenters. The summed E-state index contributed by atoms with van der Waals surface area (Å²) in [5, 5.41) is 26.7. The smallest absolute Gasteiger partial charge is 0.147 e. The van der Waals surface area contributed by atoms with Gasteiger partial charge in [-0.2, -0.15) is 0 Å². The van der Waals surface area contributed by atoms with Gasteiger partial charge in [-0.25, -0.2) is 0 Å². The van der Waals surface area contributed by atoms with Crippen LogP contribution >= 0.6 is 0 Å². The Balaban J connectivity index is 1.69. The first kappa shape index (κ1) is 20.3. The number of aromatic hydroxyl groups is 2. The molecule has 0 aliphatic rings. The van der Waals surface area contributed by atoms with E-state index in [4.69, 9.17) is 9.47 Å². The zero-order chi connectivity index (χ0) is 23.7. The summed E-state index contributed by atoms with van der Waals surface area (Å²) in [7, 11) is 3.26. The first-order chi connectivity index (χ1) is 16.4. The van der Waals surface area contributed by atoms with Gasteiger partial charge in [0.1, 0.15) is 23.0 Å². The first-order valence-corrected chi connectivity index (χ1v) is 11.1. The highest BCUT2D eigenvalue weighted by Crippen LogP contribution is 2.49. The Kier molecular flexibility index (Phi) is 4.23. The van der Waals surface area contributed by atoms with Gasteiger partial charge in [0, 0.05) is 32.7 Å². The molecule has 6 nitrogen and oxygen atoms in total. The zero-order valence-electron chi connectivity index (χ0n) is 19.3. The molecule has 2 aromatic heterocycles. The van der Waals surface area contributed by atoms with E-state index in [0.717, 1.165) is 43.7 Å². The van der Waals surface area contributed by atoms with Crippen LogP contribution in [0.5, 0.6) is 23.0 Å². The van der Waals surface area contributed by atoms with E-state index in [1.807, 2.05) is 62.4 Å². The van der Waals surface area contributed by atoms with E-state index >= 15 is 0 Å². The molecule has 170 valence electrons. The molecule has 2 heterocycles. The van der Waals surface area contributed by atoms with Crippen LogP contribution in [0.4, 0.5) is 0 Å². The minimum Gasteiger partial charge on any atom is -0.505 e. The molecule has 0 aliphatic heterocycles. The second-order valence-electron chi connectivity index (χ2n) is 8.69. The topological polar surface area (TPSA) is 90.5 Å². The maximum Gasteiger partial charge on any atom is 0.147 e. The van der Waals surface area contributed by atoms with Gasteiger partial charge < -0.3 is 29.7 Å². The molecule has 34 heavy (non-hydrogen) atoms. The van der Waals surface area contributed by atoms with Gasteiger partial charge in [-0.05, 0) is 49.2 Å². The Labute approximate surface area is 195 Å². The Morgan fingerprint density at radius 1 is 0.588 bits per heavy atom. The van der Waals surface area contributed by atoms with Crippen LogP contribution in [-0.2, 0) is 0 Å². The SMILES string of the molecule is COc1cccc2c1[nH]c1c(O)c(-c3c(C)cc4c([nH]c5c(OC)cccc54)c3O)c(C)cc12. The summed E-state index contributed by atoms with van der Waals surface area (Å²) in [6.07, 6.45) is 0. The molecule has 0 bridgehead atoms. The highest BCUT2D eigenvalue weighted by atomic mass is 16.5. The van der Waals surface area contributed by atoms with Crippen LogP contribution < -0.4 is 9.47 Å². The maximum atomic E-state index is 11.5. The third-order valence-electron chi connectivity index (χ3n) is 6.82. The second kappa shape index (κ2) is 7.09. The predicted molar refractivity (Wildman–Crippen MR) is 137 cm³/mol. The molecular weight excluding hydrogens is 428 g/mol. The lowest BCUT2D eigenvalue weighted by atomic mass is 9.91. The van der Waals surface area contributed by atoms with E-state index in [9.17, 15) is 10.2 Å². The number of hydrogen-bond acceptors (Lipinski definition) is 4. The van der Waals surface area contributed by atoms with Crippen molar-refractivity contribution in [2.75, 3.05) is 14.2 Å². The summed E-state index contributed by atoms with van der Waals surface area (Å²) in [5.41, 5.74) is 5.79. The highest BCUT2D eigenvalue weighted by molar-refractivity contribution is 6.16. The molecule has 6 rings (SSSR count). The van der Waals surface area contributed by atoms with Crippen LogP contribution in [0, 0.1) is 13.8 Å². The van der Waals surface area contributed by atoms with Gasteiger partial charge in [-0.1, -0.05) is 24.3 Å². The lowest BCUT2D eigenvalue weighted by Crippen LogP contribution is -1.91. The van der Waals surface area contributed by atoms with Crippen LogP contribution in [0.1, 0.15) is 11.1 Å². The van der Waals surface area contributed by atoms with Crippen molar-refractivity contribution in [2.45, 2.75) is 13.8 Å². The summed E-state index contributed by atoms with van der Waals surface area (Å²) in [4.78, 5) is 6.67. The minimum absolute atomic E-state index is 0.0969. The van der Waals surface area contributed by atoms with Crippen LogP contribution in [0.15, 0.2) is 48.5 Å². The van der Waals surface area contributed by atoms with Gasteiger partial charge in [0.05, 0.1) is 36.3 Å². The van der Waals surface area contributed by atoms with E-state index in [0.29, 0.717) is 33.7 Å². The number of ether oxygens (including phenoxy) is 2. The van der Waals surface area contributed by atoms with Crippen molar-refractivity contribution in [1.82, 2.24) is 9.97 Å². The minimum atomic E-state index is 0.0969. The number of rotatable bonds is 3. The predicted octanol–water partition coefficient (Wildman–Crippen LogP) is 6.67. The lowest BCUT2D eigenvalue weighted by Gasteiger charge is -2.15. The van der Waals surface area contributed by atoms with Crippen LogP contribution in [0.25, 0.3) is 54.7 Å². The van der Waals surface area contributed by atoms with Gasteiger partial charge in [0.15, 0.2) is 0 Å². The molecule has 0 spiro atoms. The van der Waals surface area contributed by atoms with Crippen LogP contribution in [0.2, 0.25) is 0 Å². The summed E-state index contributed by atoms with van der Waals surface area (Å²) in [6, 6.07) is 15.7. The number of phenols is 2. The molecule has 6 aromatic rings. The Morgan fingerprint density at radius 2 is 1.00 bits per heavy atom. The summed E-state index contributed by atoms with van der Waals surface area (Å²) >= 11 is 0. The number of fused-ring (bicyclic) bond motifs is 6. The number of aromatic nitrogens is 2. The third-order valence-corrected chi connectivity index (χ3v) is 6.82. The molecule has 0 fully saturated rings. The van der Waals surface area contributed by atoms with Crippen molar-refractivity contribution < 1.29 is 19.7 Å². The normalized spacial score (nSPS) is 11.8. The number of aromatic amines is 2. The molecule has 4 N–H and O–H groups in total. The average Bonchev–Trinajstić information content (AvgIpc) is 3.40. The van der Waals surface area contributed by atoms with Crippen molar-refractivity contribution in [2.24, 2.45) is 0 Å². The van der Waals surface area contributed by atoms with E-state index < -0.39 is 0 Å². The lowest BCUT2D eigenvalue weighted by molar-refractivity contribution is 0.419. The Morgan fingerprint density at radius 3 is 1.38 bits per heavy atom. The summed E-state index contributed by atoms with van der Waals surface area (Å²) in [6.45, 7) is 3.90. The molecular formula is C28H24N2O4. The fourth-order valence-electron chi connectivity index (χ4n) is 5.27. The Hall–Kier alpha value is -4.32. The van der Waals surface area contributed by atoms with Crippen LogP contribution in [-0.4, -0.2) is 34.4 Å². The van der Waals surface area contributed by atoms with Crippen molar-refractivity contribution >= 4 is 43.6 Å². The van der Waals surface area contributed by atoms with Crippen molar-refractivity contribution in [1.29, 1.82) is 0 Å². The van der Waals surface area contributed by atoms with Gasteiger partial charge in [-0.3, -0.25) is 0 Å². The quantitative estimate of drug-likeness (QED) is 0.241. The highest BCUT2D eigenvalue weighted by Gasteiger charge is 2.23. The molecule has 0 saturated carbocycles. The molecule has 0 radical (unpaired) electrons. The van der Waals surface area contributed by atoms with Crippen molar-refractivity contribution in [3.63, 3.8) is 0 Å². The number of methoxy groups -OCH3 is 2. The standard InChI is InChI=1S/C28H24N2O4/c1-13-11-17-15-7-5-9-19(33-3)23(15)29-25(17)27(31)21(13)22-14(2)12-18-16-8-6-10-20(34-4)24(16)30-26(18)28(22)32/h5-12,29-32H,1-4H3. The summed E-state index contributed by atoms with van der Waals surface area (Å²) in [5.74, 6) is 1.61. The third kappa shape index (κ3) is 2.56. The second-order valence-corrected chi connectivity index (χ2v) is 8.69. The van der Waals surface area contributed by atoms with E-state index in [2.05, 4.69) is 9.97 Å². The fourth-order valence-corrected chi connectivity index (χ4v) is 5.27. The number of phenolic OH excluding ortho intramolecular Hbond substituents is 2. The maximum absolute atomic E-state index is 11.5. The number of H-pyrrole nitrogens is 2. The monoisotopic (exact) mass is 452 g/mol. The number of hydrogen-bond donors (Lipinski definition) is 4. The van der Waals surface area contributed by atoms with Gasteiger partial charge >= 0.3 is 0 Å². The number of benzene rings is 4. The molecule has 6 heteroatoms. The first-order valence-electron chi connectivity index (χ1n) is 11.1. The van der Waals surface area contributed by atoms with Gasteiger partial charge in [0.2, 0.25) is 0 Å². The fraction of sp³-hybridized carbons (Fsp3) is 0.143. The van der Waals surface area contributed by atoms with E-state index in [-0.39, 0.29) is 11.5 Å². The van der Waals surface area contributed by atoms with Gasteiger partial charge in [0.25, 0.3) is 0 Å². The molecule has 0 aliphatic carbocycles. The van der Waals surface area contributed by atoms with Crippen LogP contribution in [0.3, 0.4) is 0 Å². The van der Waals surface area contributed by atoms with Crippen molar-refractivity contribution in [3.05, 3.63) is 59.7 Å². The molecule has 0 saturated heterocycles. The number of nitrogens with one attached hydrogen (secondary N) is 2. The zero-order valence-corrected chi connectivity index (χ0v) is 19.3. The van der Waals surface area contributed by atoms with Gasteiger partial charge in [-0.15, -0.1) is 0 Å². The molecule has 4 aromatic carbocycles. The largest absolute Gasteiger partial charge is 0.505 e. The molecule has 0 atom stereocenters.